The van der Waals surface area contributed by atoms with E-state index in [4.69, 9.17) is 9.47 Å². The average Bonchev–Trinajstić information content (AvgIpc) is 2.54. The van der Waals surface area contributed by atoms with Gasteiger partial charge >= 0.3 is 11.9 Å². The second-order valence-corrected chi connectivity index (χ2v) is 6.25. The summed E-state index contributed by atoms with van der Waals surface area (Å²) in [6.45, 7) is 6.00. The van der Waals surface area contributed by atoms with Crippen LogP contribution in [0.4, 0.5) is 0 Å². The fourth-order valence-electron chi connectivity index (χ4n) is 2.72. The maximum absolute atomic E-state index is 12.0. The number of unbranched alkanes of at least 4 members (excludes halogenated alkanes) is 7. The smallest absolute Gasteiger partial charge is 0.334 e. The number of methoxy groups -OCH3 is 2. The summed E-state index contributed by atoms with van der Waals surface area (Å²) in [6.07, 6.45) is 10.1. The van der Waals surface area contributed by atoms with E-state index < -0.39 is 11.9 Å². The van der Waals surface area contributed by atoms with Crippen LogP contribution in [0.1, 0.15) is 78.6 Å². The molecule has 0 aliphatic carbocycles. The molecule has 0 unspecified atom stereocenters. The van der Waals surface area contributed by atoms with Crippen LogP contribution in [0, 0.1) is 5.92 Å². The predicted molar refractivity (Wildman–Crippen MR) is 93.1 cm³/mol. The molecule has 0 saturated heterocycles. The summed E-state index contributed by atoms with van der Waals surface area (Å²) < 4.78 is 9.68. The Morgan fingerprint density at radius 2 is 1.26 bits per heavy atom. The van der Waals surface area contributed by atoms with Crippen LogP contribution in [0.5, 0.6) is 0 Å². The molecule has 0 aliphatic heterocycles. The van der Waals surface area contributed by atoms with E-state index in [9.17, 15) is 9.59 Å². The Morgan fingerprint density at radius 3 is 1.70 bits per heavy atom. The van der Waals surface area contributed by atoms with Gasteiger partial charge in [0.1, 0.15) is 0 Å². The van der Waals surface area contributed by atoms with E-state index in [0.717, 1.165) is 12.8 Å². The van der Waals surface area contributed by atoms with Crippen molar-refractivity contribution < 1.29 is 19.1 Å². The molecule has 0 atom stereocenters. The maximum atomic E-state index is 12.0. The molecule has 23 heavy (non-hydrogen) atoms. The Morgan fingerprint density at radius 1 is 0.783 bits per heavy atom. The highest BCUT2D eigenvalue weighted by atomic mass is 16.5. The SMILES string of the molecule is CCCCCCCCCC/C(C(=O)OC)=C(/C(=O)OC)C(C)C. The summed E-state index contributed by atoms with van der Waals surface area (Å²) in [7, 11) is 2.70. The molecular formula is C19H34O4. The second-order valence-electron chi connectivity index (χ2n) is 6.25. The third kappa shape index (κ3) is 8.77. The minimum atomic E-state index is -0.431. The molecule has 0 amide bonds. The first-order valence-electron chi connectivity index (χ1n) is 8.89. The number of hydrogen-bond acceptors (Lipinski definition) is 4. The molecule has 0 aromatic carbocycles. The number of carbonyl (C=O) groups excluding carboxylic acids is 2. The van der Waals surface area contributed by atoms with Gasteiger partial charge in [-0.05, 0) is 18.8 Å². The molecule has 0 spiro atoms. The summed E-state index contributed by atoms with van der Waals surface area (Å²) in [6, 6.07) is 0. The zero-order chi connectivity index (χ0) is 17.7. The van der Waals surface area contributed by atoms with E-state index >= 15 is 0 Å². The summed E-state index contributed by atoms with van der Waals surface area (Å²) in [4.78, 5) is 24.0. The molecule has 0 N–H and O–H groups in total. The second kappa shape index (κ2) is 13.1. The van der Waals surface area contributed by atoms with Gasteiger partial charge in [-0.15, -0.1) is 0 Å². The van der Waals surface area contributed by atoms with E-state index in [1.54, 1.807) is 0 Å². The van der Waals surface area contributed by atoms with Crippen LogP contribution in [0.15, 0.2) is 11.1 Å². The van der Waals surface area contributed by atoms with Gasteiger partial charge < -0.3 is 9.47 Å². The number of rotatable bonds is 12. The van der Waals surface area contributed by atoms with Crippen LogP contribution in [0.25, 0.3) is 0 Å². The molecule has 0 bridgehead atoms. The summed E-state index contributed by atoms with van der Waals surface area (Å²) >= 11 is 0. The molecule has 0 aliphatic rings. The average molecular weight is 326 g/mol. The molecule has 0 aromatic rings. The Labute approximate surface area is 141 Å². The molecule has 4 heteroatoms. The maximum Gasteiger partial charge on any atom is 0.334 e. The standard InChI is InChI=1S/C19H34O4/c1-6-7-8-9-10-11-12-13-14-16(18(20)22-4)17(15(2)3)19(21)23-5/h15H,6-14H2,1-5H3/b17-16-. The highest BCUT2D eigenvalue weighted by Crippen LogP contribution is 2.23. The molecule has 0 heterocycles. The predicted octanol–water partition coefficient (Wildman–Crippen LogP) is 4.82. The normalized spacial score (nSPS) is 12.1. The Balaban J connectivity index is 4.57. The quantitative estimate of drug-likeness (QED) is 0.293. The van der Waals surface area contributed by atoms with Gasteiger partial charge in [-0.25, -0.2) is 9.59 Å². The lowest BCUT2D eigenvalue weighted by molar-refractivity contribution is -0.139. The molecule has 0 fully saturated rings. The van der Waals surface area contributed by atoms with Gasteiger partial charge in [0.05, 0.1) is 19.8 Å². The topological polar surface area (TPSA) is 52.6 Å². The number of hydrogen-bond donors (Lipinski definition) is 0. The van der Waals surface area contributed by atoms with E-state index in [0.29, 0.717) is 17.6 Å². The first-order chi connectivity index (χ1) is 11.0. The van der Waals surface area contributed by atoms with Crippen LogP contribution < -0.4 is 0 Å². The van der Waals surface area contributed by atoms with Crippen molar-refractivity contribution in [1.29, 1.82) is 0 Å². The van der Waals surface area contributed by atoms with Crippen LogP contribution in [0.3, 0.4) is 0 Å². The van der Waals surface area contributed by atoms with Gasteiger partial charge in [-0.2, -0.15) is 0 Å². The lowest BCUT2D eigenvalue weighted by atomic mass is 9.93. The monoisotopic (exact) mass is 326 g/mol. The third-order valence-corrected chi connectivity index (χ3v) is 4.02. The van der Waals surface area contributed by atoms with Gasteiger partial charge in [0.2, 0.25) is 0 Å². The lowest BCUT2D eigenvalue weighted by Crippen LogP contribution is -2.18. The van der Waals surface area contributed by atoms with Crippen molar-refractivity contribution in [3.63, 3.8) is 0 Å². The van der Waals surface area contributed by atoms with E-state index in [-0.39, 0.29) is 5.92 Å². The molecule has 4 nitrogen and oxygen atoms in total. The van der Waals surface area contributed by atoms with Crippen molar-refractivity contribution >= 4 is 11.9 Å². The summed E-state index contributed by atoms with van der Waals surface area (Å²) in [5.41, 5.74) is 0.919. The fourth-order valence-corrected chi connectivity index (χ4v) is 2.72. The number of esters is 2. The molecule has 0 rings (SSSR count). The van der Waals surface area contributed by atoms with Gasteiger partial charge in [0.15, 0.2) is 0 Å². The lowest BCUT2D eigenvalue weighted by Gasteiger charge is -2.15. The Hall–Kier alpha value is -1.32. The van der Waals surface area contributed by atoms with Crippen molar-refractivity contribution in [1.82, 2.24) is 0 Å². The molecule has 0 radical (unpaired) electrons. The van der Waals surface area contributed by atoms with Crippen molar-refractivity contribution in [2.45, 2.75) is 78.6 Å². The van der Waals surface area contributed by atoms with Gasteiger partial charge in [-0.3, -0.25) is 0 Å². The minimum absolute atomic E-state index is 0.0643. The van der Waals surface area contributed by atoms with Crippen LogP contribution >= 0.6 is 0 Å². The fraction of sp³-hybridized carbons (Fsp3) is 0.789. The first-order valence-corrected chi connectivity index (χ1v) is 8.89. The molecule has 0 saturated carbocycles. The minimum Gasteiger partial charge on any atom is -0.466 e. The highest BCUT2D eigenvalue weighted by Gasteiger charge is 2.24. The van der Waals surface area contributed by atoms with Crippen molar-refractivity contribution in [2.75, 3.05) is 14.2 Å². The van der Waals surface area contributed by atoms with Gasteiger partial charge in [0.25, 0.3) is 0 Å². The van der Waals surface area contributed by atoms with Gasteiger partial charge in [0, 0.05) is 5.57 Å². The Bertz CT molecular complexity index is 383. The van der Waals surface area contributed by atoms with Gasteiger partial charge in [-0.1, -0.05) is 65.7 Å². The van der Waals surface area contributed by atoms with Crippen molar-refractivity contribution in [3.05, 3.63) is 11.1 Å². The highest BCUT2D eigenvalue weighted by molar-refractivity contribution is 6.00. The first kappa shape index (κ1) is 21.7. The van der Waals surface area contributed by atoms with Crippen molar-refractivity contribution in [2.24, 2.45) is 5.92 Å². The number of carbonyl (C=O) groups is 2. The number of ether oxygens (including phenoxy) is 2. The van der Waals surface area contributed by atoms with Crippen LogP contribution in [-0.2, 0) is 19.1 Å². The molecule has 0 aromatic heterocycles. The Kier molecular flexibility index (Phi) is 12.4. The van der Waals surface area contributed by atoms with Crippen LogP contribution in [-0.4, -0.2) is 26.2 Å². The summed E-state index contributed by atoms with van der Waals surface area (Å²) in [5, 5.41) is 0. The van der Waals surface area contributed by atoms with E-state index in [1.807, 2.05) is 13.8 Å². The van der Waals surface area contributed by atoms with Crippen LogP contribution in [0.2, 0.25) is 0 Å². The van der Waals surface area contributed by atoms with E-state index in [1.165, 1.54) is 52.7 Å². The zero-order valence-electron chi connectivity index (χ0n) is 15.6. The van der Waals surface area contributed by atoms with E-state index in [2.05, 4.69) is 6.92 Å². The molecular weight excluding hydrogens is 292 g/mol. The molecule has 134 valence electrons. The largest absolute Gasteiger partial charge is 0.466 e. The zero-order valence-corrected chi connectivity index (χ0v) is 15.6. The summed E-state index contributed by atoms with van der Waals surface area (Å²) in [5.74, 6) is -0.910. The van der Waals surface area contributed by atoms with Crippen molar-refractivity contribution in [3.8, 4) is 0 Å². The third-order valence-electron chi connectivity index (χ3n) is 4.02.